The molecule has 0 N–H and O–H groups in total. The normalized spacial score (nSPS) is 20.2. The minimum absolute atomic E-state index is 0.00414. The summed E-state index contributed by atoms with van der Waals surface area (Å²) in [6, 6.07) is 14.6. The zero-order chi connectivity index (χ0) is 30.6. The molecule has 1 saturated heterocycles. The molecule has 0 saturated carbocycles. The monoisotopic (exact) mass is 587 g/mol. The number of aldehydes is 1. The number of amides is 1. The number of likely N-dealkylation sites (tertiary alicyclic amines) is 1. The van der Waals surface area contributed by atoms with Crippen molar-refractivity contribution < 1.29 is 23.2 Å². The molecule has 2 aliphatic heterocycles. The Morgan fingerprint density at radius 3 is 2.74 bits per heavy atom. The quantitative estimate of drug-likeness (QED) is 0.203. The number of rotatable bonds is 13. The van der Waals surface area contributed by atoms with E-state index < -0.39 is 0 Å². The largest absolute Gasteiger partial charge is 0.493 e. The molecule has 1 fully saturated rings. The fraction of sp³-hybridized carbons (Fsp3) is 0.514. The second-order valence-electron chi connectivity index (χ2n) is 13.2. The van der Waals surface area contributed by atoms with Crippen LogP contribution in [0.1, 0.15) is 60.4 Å². The summed E-state index contributed by atoms with van der Waals surface area (Å²) in [6.07, 6.45) is 6.95. The minimum Gasteiger partial charge on any atom is -0.493 e. The van der Waals surface area contributed by atoms with Crippen molar-refractivity contribution in [2.45, 2.75) is 64.5 Å². The minimum atomic E-state index is -0.235. The fourth-order valence-electron chi connectivity index (χ4n) is 6.66. The molecule has 2 aliphatic rings. The Morgan fingerprint density at radius 1 is 1.19 bits per heavy atom. The van der Waals surface area contributed by atoms with Crippen molar-refractivity contribution in [3.63, 3.8) is 0 Å². The molecule has 0 unspecified atom stereocenters. The summed E-state index contributed by atoms with van der Waals surface area (Å²) in [4.78, 5) is 35.5. The van der Waals surface area contributed by atoms with Gasteiger partial charge in [-0.25, -0.2) is 4.98 Å². The summed E-state index contributed by atoms with van der Waals surface area (Å²) < 4.78 is 12.3. The Bertz CT molecular complexity index is 1410. The Labute approximate surface area is 256 Å². The van der Waals surface area contributed by atoms with Crippen LogP contribution in [0.3, 0.4) is 0 Å². The van der Waals surface area contributed by atoms with Gasteiger partial charge in [-0.2, -0.15) is 0 Å². The van der Waals surface area contributed by atoms with Gasteiger partial charge in [-0.3, -0.25) is 9.69 Å². The molecule has 0 radical (unpaired) electrons. The van der Waals surface area contributed by atoms with Gasteiger partial charge in [-0.05, 0) is 49.1 Å². The van der Waals surface area contributed by atoms with E-state index >= 15 is 0 Å². The number of carbonyl (C=O) groups is 2. The molecule has 1 amide bonds. The van der Waals surface area contributed by atoms with Crippen molar-refractivity contribution in [3.8, 4) is 5.75 Å². The molecule has 0 spiro atoms. The van der Waals surface area contributed by atoms with Crippen molar-refractivity contribution in [3.05, 3.63) is 77.0 Å². The first kappa shape index (κ1) is 31.0. The van der Waals surface area contributed by atoms with Crippen LogP contribution < -0.4 is 9.64 Å². The van der Waals surface area contributed by atoms with E-state index in [2.05, 4.69) is 68.3 Å². The van der Waals surface area contributed by atoms with Gasteiger partial charge in [0, 0.05) is 55.1 Å². The van der Waals surface area contributed by atoms with Crippen LogP contribution in [-0.2, 0) is 29.0 Å². The van der Waals surface area contributed by atoms with Crippen molar-refractivity contribution in [1.29, 1.82) is 0 Å². The van der Waals surface area contributed by atoms with Gasteiger partial charge < -0.3 is 23.3 Å². The van der Waals surface area contributed by atoms with Crippen LogP contribution in [0, 0.1) is 12.8 Å². The third kappa shape index (κ3) is 7.54. The van der Waals surface area contributed by atoms with E-state index in [1.165, 1.54) is 11.1 Å². The first-order valence-corrected chi connectivity index (χ1v) is 15.7. The van der Waals surface area contributed by atoms with Crippen LogP contribution in [0.5, 0.6) is 5.75 Å². The highest BCUT2D eigenvalue weighted by Gasteiger charge is 2.43. The molecule has 0 aliphatic carbocycles. The Balaban J connectivity index is 1.41. The number of quaternary nitrogens is 1. The molecule has 8 nitrogen and oxygen atoms in total. The number of nitrogens with zero attached hydrogens (tertiary/aromatic N) is 4. The molecule has 0 bridgehead atoms. The third-order valence-electron chi connectivity index (χ3n) is 8.68. The number of unbranched alkanes of at least 4 members (excludes halogenated alkanes) is 1. The topological polar surface area (TPSA) is 75.9 Å². The average molecular weight is 588 g/mol. The van der Waals surface area contributed by atoms with Crippen LogP contribution >= 0.6 is 0 Å². The molecule has 3 heterocycles. The summed E-state index contributed by atoms with van der Waals surface area (Å²) in [5, 5.41) is 0. The summed E-state index contributed by atoms with van der Waals surface area (Å²) >= 11 is 0. The number of fused-ring (bicyclic) bond motifs is 1. The number of aromatic nitrogens is 1. The molecule has 43 heavy (non-hydrogen) atoms. The second kappa shape index (κ2) is 13.4. The van der Waals surface area contributed by atoms with E-state index in [0.717, 1.165) is 59.3 Å². The summed E-state index contributed by atoms with van der Waals surface area (Å²) in [5.41, 5.74) is 4.49. The zero-order valence-electron chi connectivity index (χ0n) is 26.4. The lowest BCUT2D eigenvalue weighted by Crippen LogP contribution is -2.44. The standard InChI is InChI=1S/C35H47N4O4/c1-6-7-16-38(29-10-8-9-26(18-29)23-39(3,4)5)35(41)22-37-21-30(27-11-13-33-28(19-27)15-17-42-33)31(24-40)32(37)12-14-34-36-20-25(2)43-34/h8-11,13,18-20,24,30-32H,6-7,12,14-17,21-23H2,1-5H3/q+1/t30-,31-,32+/m1/s1. The number of carbonyl (C=O) groups excluding carboxylic acids is 2. The van der Waals surface area contributed by atoms with Gasteiger partial charge in [-0.15, -0.1) is 0 Å². The highest BCUT2D eigenvalue weighted by atomic mass is 16.5. The van der Waals surface area contributed by atoms with E-state index in [9.17, 15) is 9.59 Å². The van der Waals surface area contributed by atoms with Gasteiger partial charge in [0.05, 0.1) is 40.5 Å². The number of ether oxygens (including phenoxy) is 1. The maximum atomic E-state index is 14.2. The number of anilines is 1. The van der Waals surface area contributed by atoms with Crippen LogP contribution in [0.15, 0.2) is 53.1 Å². The second-order valence-corrected chi connectivity index (χ2v) is 13.2. The van der Waals surface area contributed by atoms with Gasteiger partial charge in [-0.1, -0.05) is 37.6 Å². The van der Waals surface area contributed by atoms with Crippen molar-refractivity contribution >= 4 is 17.9 Å². The van der Waals surface area contributed by atoms with Gasteiger partial charge in [0.1, 0.15) is 24.3 Å². The number of hydrogen-bond acceptors (Lipinski definition) is 6. The van der Waals surface area contributed by atoms with Gasteiger partial charge in [0.25, 0.3) is 0 Å². The molecule has 5 rings (SSSR count). The summed E-state index contributed by atoms with van der Waals surface area (Å²) in [7, 11) is 6.52. The number of benzene rings is 2. The molecular formula is C35H47N4O4+. The Hall–Kier alpha value is -3.49. The van der Waals surface area contributed by atoms with Gasteiger partial charge in [0.2, 0.25) is 5.91 Å². The molecule has 3 aromatic rings. The number of hydrogen-bond donors (Lipinski definition) is 0. The lowest BCUT2D eigenvalue weighted by molar-refractivity contribution is -0.884. The lowest BCUT2D eigenvalue weighted by atomic mass is 9.84. The van der Waals surface area contributed by atoms with E-state index in [4.69, 9.17) is 9.15 Å². The predicted octanol–water partition coefficient (Wildman–Crippen LogP) is 5.17. The fourth-order valence-corrected chi connectivity index (χ4v) is 6.66. The number of aryl methyl sites for hydroxylation is 2. The Kier molecular flexibility index (Phi) is 9.67. The van der Waals surface area contributed by atoms with Crippen LogP contribution in [0.4, 0.5) is 5.69 Å². The highest BCUT2D eigenvalue weighted by Crippen LogP contribution is 2.40. The van der Waals surface area contributed by atoms with Crippen molar-refractivity contribution in [1.82, 2.24) is 9.88 Å². The molecule has 1 aromatic heterocycles. The summed E-state index contributed by atoms with van der Waals surface area (Å²) in [5.74, 6) is 2.22. The smallest absolute Gasteiger partial charge is 0.241 e. The molecule has 3 atom stereocenters. The van der Waals surface area contributed by atoms with Crippen molar-refractivity contribution in [2.75, 3.05) is 52.3 Å². The molecule has 230 valence electrons. The highest BCUT2D eigenvalue weighted by molar-refractivity contribution is 5.95. The molecule has 2 aromatic carbocycles. The SMILES string of the molecule is CCCCN(C(=O)CN1C[C@H](c2ccc3c(c2)CCO3)[C@@H](C=O)[C@@H]1CCc1ncc(C)o1)c1cccc(C[N+](C)(C)C)c1. The molecular weight excluding hydrogens is 540 g/mol. The zero-order valence-corrected chi connectivity index (χ0v) is 26.4. The van der Waals surface area contributed by atoms with Crippen LogP contribution in [0.25, 0.3) is 0 Å². The summed E-state index contributed by atoms with van der Waals surface area (Å²) in [6.45, 7) is 7.19. The Morgan fingerprint density at radius 2 is 2.02 bits per heavy atom. The van der Waals surface area contributed by atoms with Gasteiger partial charge >= 0.3 is 0 Å². The lowest BCUT2D eigenvalue weighted by Gasteiger charge is -2.30. The van der Waals surface area contributed by atoms with Gasteiger partial charge in [0.15, 0.2) is 5.89 Å². The van der Waals surface area contributed by atoms with E-state index in [1.807, 2.05) is 24.0 Å². The van der Waals surface area contributed by atoms with E-state index in [1.54, 1.807) is 6.20 Å². The first-order valence-electron chi connectivity index (χ1n) is 15.7. The third-order valence-corrected chi connectivity index (χ3v) is 8.68. The number of oxazole rings is 1. The van der Waals surface area contributed by atoms with Crippen molar-refractivity contribution in [2.24, 2.45) is 5.92 Å². The maximum Gasteiger partial charge on any atom is 0.241 e. The predicted molar refractivity (Wildman–Crippen MR) is 168 cm³/mol. The average Bonchev–Trinajstić information content (AvgIpc) is 3.69. The molecule has 8 heteroatoms. The van der Waals surface area contributed by atoms with Crippen LogP contribution in [-0.4, -0.2) is 80.0 Å². The maximum absolute atomic E-state index is 14.2. The van der Waals surface area contributed by atoms with E-state index in [0.29, 0.717) is 38.4 Å². The van der Waals surface area contributed by atoms with E-state index in [-0.39, 0.29) is 30.3 Å². The first-order chi connectivity index (χ1) is 20.6. The van der Waals surface area contributed by atoms with Crippen LogP contribution in [0.2, 0.25) is 0 Å².